The molecule has 5 heteroatoms. The second-order valence-corrected chi connectivity index (χ2v) is 5.02. The normalized spacial score (nSPS) is 10.1. The van der Waals surface area contributed by atoms with Crippen LogP contribution in [0.15, 0.2) is 48.5 Å². The smallest absolute Gasteiger partial charge is 0.224 e. The molecule has 0 fully saturated rings. The van der Waals surface area contributed by atoms with Crippen molar-refractivity contribution in [2.45, 2.75) is 6.42 Å². The van der Waals surface area contributed by atoms with Crippen LogP contribution in [0.5, 0.6) is 11.5 Å². The summed E-state index contributed by atoms with van der Waals surface area (Å²) in [5.41, 5.74) is 0.812. The minimum Gasteiger partial charge on any atom is -0.493 e. The molecule has 1 N–H and O–H groups in total. The van der Waals surface area contributed by atoms with Gasteiger partial charge >= 0.3 is 0 Å². The molecule has 0 spiro atoms. The van der Waals surface area contributed by atoms with Crippen molar-refractivity contribution in [3.63, 3.8) is 0 Å². The molecular weight excluding hydrogens is 302 g/mol. The van der Waals surface area contributed by atoms with Crippen LogP contribution in [-0.4, -0.2) is 26.2 Å². The van der Waals surface area contributed by atoms with Crippen molar-refractivity contribution in [1.82, 2.24) is 5.32 Å². The summed E-state index contributed by atoms with van der Waals surface area (Å²) >= 11 is 6.02. The molecule has 116 valence electrons. The fourth-order valence-electron chi connectivity index (χ4n) is 1.97. The van der Waals surface area contributed by atoms with Crippen molar-refractivity contribution in [2.75, 3.05) is 20.3 Å². The Labute approximate surface area is 135 Å². The summed E-state index contributed by atoms with van der Waals surface area (Å²) < 4.78 is 10.8. The third-order valence-electron chi connectivity index (χ3n) is 3.06. The van der Waals surface area contributed by atoms with Gasteiger partial charge in [-0.15, -0.1) is 0 Å². The van der Waals surface area contributed by atoms with Gasteiger partial charge in [0.05, 0.1) is 20.1 Å². The molecule has 2 aromatic rings. The van der Waals surface area contributed by atoms with Gasteiger partial charge in [0.2, 0.25) is 5.91 Å². The quantitative estimate of drug-likeness (QED) is 0.798. The van der Waals surface area contributed by atoms with Gasteiger partial charge in [-0.05, 0) is 23.8 Å². The highest BCUT2D eigenvalue weighted by molar-refractivity contribution is 6.31. The van der Waals surface area contributed by atoms with Crippen molar-refractivity contribution in [3.05, 3.63) is 59.1 Å². The van der Waals surface area contributed by atoms with E-state index in [9.17, 15) is 4.79 Å². The van der Waals surface area contributed by atoms with E-state index >= 15 is 0 Å². The molecule has 0 aliphatic carbocycles. The molecule has 0 saturated heterocycles. The molecular formula is C17H18ClNO3. The standard InChI is InChI=1S/C17H18ClNO3/c1-21-15-8-4-5-9-16(15)22-11-10-19-17(20)12-13-6-2-3-7-14(13)18/h2-9H,10-12H2,1H3,(H,19,20). The van der Waals surface area contributed by atoms with Gasteiger partial charge in [0.15, 0.2) is 11.5 Å². The summed E-state index contributed by atoms with van der Waals surface area (Å²) in [5.74, 6) is 1.24. The van der Waals surface area contributed by atoms with Gasteiger partial charge in [-0.2, -0.15) is 0 Å². The molecule has 2 aromatic carbocycles. The predicted molar refractivity (Wildman–Crippen MR) is 86.7 cm³/mol. The van der Waals surface area contributed by atoms with Crippen molar-refractivity contribution in [3.8, 4) is 11.5 Å². The Morgan fingerprint density at radius 1 is 1.09 bits per heavy atom. The maximum absolute atomic E-state index is 11.8. The zero-order valence-electron chi connectivity index (χ0n) is 12.3. The molecule has 0 aromatic heterocycles. The molecule has 4 nitrogen and oxygen atoms in total. The van der Waals surface area contributed by atoms with E-state index in [1.54, 1.807) is 13.2 Å². The summed E-state index contributed by atoms with van der Waals surface area (Å²) in [4.78, 5) is 11.8. The summed E-state index contributed by atoms with van der Waals surface area (Å²) in [5, 5.41) is 3.40. The highest BCUT2D eigenvalue weighted by Crippen LogP contribution is 2.25. The first kappa shape index (κ1) is 16.2. The fraction of sp³-hybridized carbons (Fsp3) is 0.235. The van der Waals surface area contributed by atoms with Gasteiger partial charge in [0, 0.05) is 5.02 Å². The first-order valence-electron chi connectivity index (χ1n) is 6.96. The van der Waals surface area contributed by atoms with E-state index in [2.05, 4.69) is 5.32 Å². The number of benzene rings is 2. The number of para-hydroxylation sites is 2. The Morgan fingerprint density at radius 2 is 1.77 bits per heavy atom. The van der Waals surface area contributed by atoms with Crippen LogP contribution in [0.25, 0.3) is 0 Å². The minimum atomic E-state index is -0.0864. The Balaban J connectivity index is 1.75. The van der Waals surface area contributed by atoms with Crippen LogP contribution in [0, 0.1) is 0 Å². The summed E-state index contributed by atoms with van der Waals surface area (Å²) in [7, 11) is 1.59. The lowest BCUT2D eigenvalue weighted by molar-refractivity contribution is -0.120. The van der Waals surface area contributed by atoms with Gasteiger partial charge in [-0.25, -0.2) is 0 Å². The first-order valence-corrected chi connectivity index (χ1v) is 7.34. The van der Waals surface area contributed by atoms with Crippen LogP contribution >= 0.6 is 11.6 Å². The number of carbonyl (C=O) groups is 1. The molecule has 0 atom stereocenters. The second kappa shape index (κ2) is 8.29. The van der Waals surface area contributed by atoms with Gasteiger partial charge in [0.25, 0.3) is 0 Å². The third-order valence-corrected chi connectivity index (χ3v) is 3.43. The monoisotopic (exact) mass is 319 g/mol. The summed E-state index contributed by atoms with van der Waals surface area (Å²) in [6, 6.07) is 14.7. The van der Waals surface area contributed by atoms with E-state index < -0.39 is 0 Å². The number of hydrogen-bond acceptors (Lipinski definition) is 3. The van der Waals surface area contributed by atoms with Crippen molar-refractivity contribution in [1.29, 1.82) is 0 Å². The van der Waals surface area contributed by atoms with Crippen LogP contribution < -0.4 is 14.8 Å². The Kier molecular flexibility index (Phi) is 6.10. The topological polar surface area (TPSA) is 47.6 Å². The number of ether oxygens (including phenoxy) is 2. The van der Waals surface area contributed by atoms with Gasteiger partial charge in [-0.3, -0.25) is 4.79 Å². The SMILES string of the molecule is COc1ccccc1OCCNC(=O)Cc1ccccc1Cl. The molecule has 2 rings (SSSR count). The van der Waals surface area contributed by atoms with Crippen LogP contribution in [-0.2, 0) is 11.2 Å². The largest absolute Gasteiger partial charge is 0.493 e. The Hall–Kier alpha value is -2.20. The van der Waals surface area contributed by atoms with Crippen LogP contribution in [0.3, 0.4) is 0 Å². The molecule has 0 aliphatic heterocycles. The third kappa shape index (κ3) is 4.67. The average molecular weight is 320 g/mol. The number of amides is 1. The van der Waals surface area contributed by atoms with E-state index in [1.165, 1.54) is 0 Å². The molecule has 22 heavy (non-hydrogen) atoms. The van der Waals surface area contributed by atoms with Gasteiger partial charge in [-0.1, -0.05) is 41.9 Å². The highest BCUT2D eigenvalue weighted by atomic mass is 35.5. The van der Waals surface area contributed by atoms with Gasteiger partial charge in [0.1, 0.15) is 6.61 Å². The van der Waals surface area contributed by atoms with Crippen LogP contribution in [0.2, 0.25) is 5.02 Å². The lowest BCUT2D eigenvalue weighted by Gasteiger charge is -2.11. The lowest BCUT2D eigenvalue weighted by atomic mass is 10.1. The highest BCUT2D eigenvalue weighted by Gasteiger charge is 2.06. The fourth-order valence-corrected chi connectivity index (χ4v) is 2.17. The van der Waals surface area contributed by atoms with Crippen molar-refractivity contribution >= 4 is 17.5 Å². The summed E-state index contributed by atoms with van der Waals surface area (Å²) in [6.45, 7) is 0.788. The van der Waals surface area contributed by atoms with Gasteiger partial charge < -0.3 is 14.8 Å². The number of methoxy groups -OCH3 is 1. The second-order valence-electron chi connectivity index (χ2n) is 4.62. The van der Waals surface area contributed by atoms with E-state index in [-0.39, 0.29) is 12.3 Å². The van der Waals surface area contributed by atoms with Crippen molar-refractivity contribution < 1.29 is 14.3 Å². The predicted octanol–water partition coefficient (Wildman–Crippen LogP) is 3.09. The molecule has 0 heterocycles. The number of rotatable bonds is 7. The van der Waals surface area contributed by atoms with Crippen molar-refractivity contribution in [2.24, 2.45) is 0 Å². The van der Waals surface area contributed by atoms with Crippen LogP contribution in [0.1, 0.15) is 5.56 Å². The number of halogens is 1. The van der Waals surface area contributed by atoms with E-state index in [0.29, 0.717) is 29.7 Å². The molecule has 0 radical (unpaired) electrons. The lowest BCUT2D eigenvalue weighted by Crippen LogP contribution is -2.29. The maximum Gasteiger partial charge on any atom is 0.224 e. The number of carbonyl (C=O) groups excluding carboxylic acids is 1. The molecule has 0 unspecified atom stereocenters. The molecule has 1 amide bonds. The number of hydrogen-bond donors (Lipinski definition) is 1. The zero-order valence-corrected chi connectivity index (χ0v) is 13.1. The molecule has 0 aliphatic rings. The average Bonchev–Trinajstić information content (AvgIpc) is 2.54. The Morgan fingerprint density at radius 3 is 2.50 bits per heavy atom. The van der Waals surface area contributed by atoms with E-state index in [4.69, 9.17) is 21.1 Å². The zero-order chi connectivity index (χ0) is 15.8. The molecule has 0 bridgehead atoms. The minimum absolute atomic E-state index is 0.0864. The Bertz CT molecular complexity index is 631. The van der Waals surface area contributed by atoms with Crippen LogP contribution in [0.4, 0.5) is 0 Å². The number of nitrogens with one attached hydrogen (secondary N) is 1. The first-order chi connectivity index (χ1) is 10.7. The van der Waals surface area contributed by atoms with E-state index in [0.717, 1.165) is 5.56 Å². The summed E-state index contributed by atoms with van der Waals surface area (Å²) in [6.07, 6.45) is 0.258. The molecule has 0 saturated carbocycles. The van der Waals surface area contributed by atoms with E-state index in [1.807, 2.05) is 42.5 Å². The maximum atomic E-state index is 11.8.